The highest BCUT2D eigenvalue weighted by Gasteiger charge is 2.15. The second-order valence-corrected chi connectivity index (χ2v) is 4.64. The van der Waals surface area contributed by atoms with Crippen LogP contribution in [0.2, 0.25) is 0 Å². The van der Waals surface area contributed by atoms with E-state index in [4.69, 9.17) is 0 Å². The molecular formula is C12H28N2O. The molecule has 0 saturated heterocycles. The predicted molar refractivity (Wildman–Crippen MR) is 66.2 cm³/mol. The third kappa shape index (κ3) is 6.88. The van der Waals surface area contributed by atoms with E-state index in [1.807, 2.05) is 0 Å². The van der Waals surface area contributed by atoms with Gasteiger partial charge in [-0.05, 0) is 34.0 Å². The smallest absolute Gasteiger partial charge is 0.0667 e. The SMILES string of the molecule is CCCC(O)CN(CC)C(C)CN(C)C. The molecule has 0 aliphatic rings. The largest absolute Gasteiger partial charge is 0.392 e. The van der Waals surface area contributed by atoms with E-state index < -0.39 is 0 Å². The zero-order valence-electron chi connectivity index (χ0n) is 11.0. The number of aliphatic hydroxyl groups is 1. The van der Waals surface area contributed by atoms with Gasteiger partial charge >= 0.3 is 0 Å². The van der Waals surface area contributed by atoms with E-state index in [1.54, 1.807) is 0 Å². The summed E-state index contributed by atoms with van der Waals surface area (Å²) >= 11 is 0. The third-order valence-electron chi connectivity index (χ3n) is 2.73. The predicted octanol–water partition coefficient (Wildman–Crippen LogP) is 1.42. The maximum Gasteiger partial charge on any atom is 0.0667 e. The fraction of sp³-hybridized carbons (Fsp3) is 1.00. The summed E-state index contributed by atoms with van der Waals surface area (Å²) in [6.45, 7) is 9.36. The summed E-state index contributed by atoms with van der Waals surface area (Å²) in [6.07, 6.45) is 1.80. The highest BCUT2D eigenvalue weighted by molar-refractivity contribution is 4.71. The molecule has 3 nitrogen and oxygen atoms in total. The Kier molecular flexibility index (Phi) is 8.02. The lowest BCUT2D eigenvalue weighted by molar-refractivity contribution is 0.0801. The van der Waals surface area contributed by atoms with Gasteiger partial charge in [-0.15, -0.1) is 0 Å². The summed E-state index contributed by atoms with van der Waals surface area (Å²) in [5.74, 6) is 0. The average Bonchev–Trinajstić information content (AvgIpc) is 2.13. The van der Waals surface area contributed by atoms with Crippen molar-refractivity contribution in [1.82, 2.24) is 9.80 Å². The first-order valence-electron chi connectivity index (χ1n) is 6.08. The number of hydrogen-bond acceptors (Lipinski definition) is 3. The van der Waals surface area contributed by atoms with Gasteiger partial charge in [-0.2, -0.15) is 0 Å². The van der Waals surface area contributed by atoms with E-state index in [0.29, 0.717) is 6.04 Å². The van der Waals surface area contributed by atoms with Gasteiger partial charge < -0.3 is 10.0 Å². The van der Waals surface area contributed by atoms with Crippen molar-refractivity contribution in [3.8, 4) is 0 Å². The average molecular weight is 216 g/mol. The van der Waals surface area contributed by atoms with Crippen LogP contribution in [0.15, 0.2) is 0 Å². The Hall–Kier alpha value is -0.120. The second kappa shape index (κ2) is 8.08. The fourth-order valence-electron chi connectivity index (χ4n) is 1.96. The lowest BCUT2D eigenvalue weighted by Crippen LogP contribution is -2.43. The van der Waals surface area contributed by atoms with Crippen LogP contribution in [0.25, 0.3) is 0 Å². The molecule has 3 heteroatoms. The molecule has 15 heavy (non-hydrogen) atoms. The topological polar surface area (TPSA) is 26.7 Å². The molecule has 0 aliphatic carbocycles. The van der Waals surface area contributed by atoms with Gasteiger partial charge in [0.25, 0.3) is 0 Å². The van der Waals surface area contributed by atoms with Gasteiger partial charge in [0.1, 0.15) is 0 Å². The molecule has 0 heterocycles. The van der Waals surface area contributed by atoms with Crippen molar-refractivity contribution < 1.29 is 5.11 Å². The minimum absolute atomic E-state index is 0.167. The molecule has 0 fully saturated rings. The zero-order chi connectivity index (χ0) is 11.8. The van der Waals surface area contributed by atoms with Crippen molar-refractivity contribution in [3.63, 3.8) is 0 Å². The number of rotatable bonds is 8. The van der Waals surface area contributed by atoms with Crippen LogP contribution in [-0.4, -0.2) is 60.8 Å². The lowest BCUT2D eigenvalue weighted by atomic mass is 10.1. The van der Waals surface area contributed by atoms with Gasteiger partial charge in [0.15, 0.2) is 0 Å². The minimum Gasteiger partial charge on any atom is -0.392 e. The Labute approximate surface area is 95.1 Å². The summed E-state index contributed by atoms with van der Waals surface area (Å²) in [5, 5.41) is 9.78. The van der Waals surface area contributed by atoms with E-state index in [1.165, 1.54) is 0 Å². The molecule has 0 saturated carbocycles. The summed E-state index contributed by atoms with van der Waals surface area (Å²) in [5.41, 5.74) is 0. The van der Waals surface area contributed by atoms with Crippen LogP contribution < -0.4 is 0 Å². The maximum atomic E-state index is 9.78. The van der Waals surface area contributed by atoms with Gasteiger partial charge in [0, 0.05) is 19.1 Å². The van der Waals surface area contributed by atoms with E-state index in [-0.39, 0.29) is 6.10 Å². The van der Waals surface area contributed by atoms with Gasteiger partial charge in [-0.3, -0.25) is 4.90 Å². The Morgan fingerprint density at radius 3 is 2.13 bits per heavy atom. The standard InChI is InChI=1S/C12H28N2O/c1-6-8-12(15)10-14(7-2)11(3)9-13(4)5/h11-12,15H,6-10H2,1-5H3. The van der Waals surface area contributed by atoms with Crippen molar-refractivity contribution in [2.24, 2.45) is 0 Å². The third-order valence-corrected chi connectivity index (χ3v) is 2.73. The van der Waals surface area contributed by atoms with Gasteiger partial charge in [-0.1, -0.05) is 20.3 Å². The molecule has 0 aromatic rings. The Morgan fingerprint density at radius 1 is 1.13 bits per heavy atom. The quantitative estimate of drug-likeness (QED) is 0.665. The van der Waals surface area contributed by atoms with E-state index in [2.05, 4.69) is 44.7 Å². The summed E-state index contributed by atoms with van der Waals surface area (Å²) < 4.78 is 0. The number of nitrogens with zero attached hydrogens (tertiary/aromatic N) is 2. The molecule has 0 radical (unpaired) electrons. The van der Waals surface area contributed by atoms with Gasteiger partial charge in [0.05, 0.1) is 6.10 Å². The summed E-state index contributed by atoms with van der Waals surface area (Å²) in [7, 11) is 4.18. The Balaban J connectivity index is 3.99. The molecular weight excluding hydrogens is 188 g/mol. The van der Waals surface area contributed by atoms with Crippen molar-refractivity contribution in [3.05, 3.63) is 0 Å². The second-order valence-electron chi connectivity index (χ2n) is 4.64. The zero-order valence-corrected chi connectivity index (χ0v) is 11.0. The summed E-state index contributed by atoms with van der Waals surface area (Å²) in [4.78, 5) is 4.54. The Morgan fingerprint density at radius 2 is 1.73 bits per heavy atom. The molecule has 0 aromatic heterocycles. The molecule has 0 amide bonds. The lowest BCUT2D eigenvalue weighted by Gasteiger charge is -2.31. The number of likely N-dealkylation sites (N-methyl/N-ethyl adjacent to an activating group) is 2. The van der Waals surface area contributed by atoms with E-state index >= 15 is 0 Å². The van der Waals surface area contributed by atoms with Crippen LogP contribution in [-0.2, 0) is 0 Å². The molecule has 0 rings (SSSR count). The monoisotopic (exact) mass is 216 g/mol. The molecule has 92 valence electrons. The highest BCUT2D eigenvalue weighted by Crippen LogP contribution is 2.05. The molecule has 0 spiro atoms. The van der Waals surface area contributed by atoms with Gasteiger partial charge in [0.2, 0.25) is 0 Å². The molecule has 2 atom stereocenters. The number of aliphatic hydroxyl groups excluding tert-OH is 1. The highest BCUT2D eigenvalue weighted by atomic mass is 16.3. The molecule has 0 aliphatic heterocycles. The summed E-state index contributed by atoms with van der Waals surface area (Å²) in [6, 6.07) is 0.511. The van der Waals surface area contributed by atoms with Crippen LogP contribution >= 0.6 is 0 Å². The van der Waals surface area contributed by atoms with Crippen molar-refractivity contribution in [2.45, 2.75) is 45.8 Å². The minimum atomic E-state index is -0.167. The van der Waals surface area contributed by atoms with Crippen LogP contribution in [0.3, 0.4) is 0 Å². The molecule has 0 bridgehead atoms. The fourth-order valence-corrected chi connectivity index (χ4v) is 1.96. The van der Waals surface area contributed by atoms with Crippen LogP contribution in [0, 0.1) is 0 Å². The Bertz CT molecular complexity index is 151. The van der Waals surface area contributed by atoms with Crippen LogP contribution in [0.1, 0.15) is 33.6 Å². The van der Waals surface area contributed by atoms with Crippen molar-refractivity contribution in [2.75, 3.05) is 33.7 Å². The van der Waals surface area contributed by atoms with E-state index in [0.717, 1.165) is 32.5 Å². The molecule has 0 aromatic carbocycles. The first-order chi connectivity index (χ1) is 7.01. The van der Waals surface area contributed by atoms with Crippen LogP contribution in [0.4, 0.5) is 0 Å². The maximum absolute atomic E-state index is 9.78. The van der Waals surface area contributed by atoms with Crippen LogP contribution in [0.5, 0.6) is 0 Å². The van der Waals surface area contributed by atoms with E-state index in [9.17, 15) is 5.11 Å². The van der Waals surface area contributed by atoms with Crippen molar-refractivity contribution >= 4 is 0 Å². The molecule has 1 N–H and O–H groups in total. The van der Waals surface area contributed by atoms with Gasteiger partial charge in [-0.25, -0.2) is 0 Å². The normalized spacial score (nSPS) is 16.0. The number of hydrogen-bond donors (Lipinski definition) is 1. The first kappa shape index (κ1) is 14.9. The molecule has 2 unspecified atom stereocenters. The van der Waals surface area contributed by atoms with Crippen molar-refractivity contribution in [1.29, 1.82) is 0 Å². The first-order valence-corrected chi connectivity index (χ1v) is 6.08.